The first-order valence-corrected chi connectivity index (χ1v) is 6.08. The van der Waals surface area contributed by atoms with Crippen LogP contribution in [0.1, 0.15) is 13.3 Å². The van der Waals surface area contributed by atoms with Gasteiger partial charge in [-0.2, -0.15) is 0 Å². The van der Waals surface area contributed by atoms with E-state index in [1.165, 1.54) is 0 Å². The van der Waals surface area contributed by atoms with Crippen LogP contribution >= 0.6 is 0 Å². The van der Waals surface area contributed by atoms with Gasteiger partial charge in [0.2, 0.25) is 0 Å². The van der Waals surface area contributed by atoms with Crippen LogP contribution in [-0.2, 0) is 0 Å². The summed E-state index contributed by atoms with van der Waals surface area (Å²) < 4.78 is 11.3. The second-order valence-corrected chi connectivity index (χ2v) is 4.19. The minimum absolute atomic E-state index is 0.297. The van der Waals surface area contributed by atoms with Crippen molar-refractivity contribution in [1.82, 2.24) is 5.32 Å². The van der Waals surface area contributed by atoms with Crippen LogP contribution in [0.15, 0.2) is 24.3 Å². The monoisotopic (exact) mass is 237 g/mol. The smallest absolute Gasteiger partial charge is 0.161 e. The molecule has 1 heterocycles. The third-order valence-corrected chi connectivity index (χ3v) is 2.74. The molecule has 0 radical (unpaired) electrons. The Morgan fingerprint density at radius 1 is 1.41 bits per heavy atom. The van der Waals surface area contributed by atoms with Crippen molar-refractivity contribution < 1.29 is 14.6 Å². The normalized spacial score (nSPS) is 20.0. The van der Waals surface area contributed by atoms with Crippen molar-refractivity contribution in [3.8, 4) is 11.5 Å². The number of hydrogen-bond acceptors (Lipinski definition) is 4. The Kier molecular flexibility index (Phi) is 4.23. The van der Waals surface area contributed by atoms with Crippen molar-refractivity contribution in [1.29, 1.82) is 0 Å². The van der Waals surface area contributed by atoms with Gasteiger partial charge < -0.3 is 19.9 Å². The molecule has 1 aromatic carbocycles. The zero-order valence-corrected chi connectivity index (χ0v) is 10.1. The van der Waals surface area contributed by atoms with E-state index in [-0.39, 0.29) is 6.10 Å². The summed E-state index contributed by atoms with van der Waals surface area (Å²) >= 11 is 0. The van der Waals surface area contributed by atoms with Crippen LogP contribution in [-0.4, -0.2) is 37.0 Å². The van der Waals surface area contributed by atoms with E-state index < -0.39 is 6.10 Å². The van der Waals surface area contributed by atoms with Gasteiger partial charge in [0.05, 0.1) is 0 Å². The zero-order valence-electron chi connectivity index (χ0n) is 10.1. The molecular formula is C13H19NO3. The van der Waals surface area contributed by atoms with Crippen molar-refractivity contribution in [3.63, 3.8) is 0 Å². The van der Waals surface area contributed by atoms with Crippen molar-refractivity contribution in [2.45, 2.75) is 25.6 Å². The van der Waals surface area contributed by atoms with Crippen molar-refractivity contribution in [3.05, 3.63) is 24.3 Å². The molecule has 2 unspecified atom stereocenters. The van der Waals surface area contributed by atoms with Gasteiger partial charge in [0, 0.05) is 6.54 Å². The lowest BCUT2D eigenvalue weighted by molar-refractivity contribution is -0.00895. The van der Waals surface area contributed by atoms with E-state index in [4.69, 9.17) is 9.47 Å². The average Bonchev–Trinajstić information content (AvgIpc) is 2.38. The molecule has 2 rings (SSSR count). The summed E-state index contributed by atoms with van der Waals surface area (Å²) in [6, 6.07) is 7.52. The largest absolute Gasteiger partial charge is 0.486 e. The molecule has 4 nitrogen and oxygen atoms in total. The van der Waals surface area contributed by atoms with Gasteiger partial charge in [0.25, 0.3) is 0 Å². The lowest BCUT2D eigenvalue weighted by Gasteiger charge is -2.29. The molecule has 4 heteroatoms. The lowest BCUT2D eigenvalue weighted by Crippen LogP contribution is -2.45. The predicted molar refractivity (Wildman–Crippen MR) is 65.5 cm³/mol. The lowest BCUT2D eigenvalue weighted by atomic mass is 10.2. The first-order chi connectivity index (χ1) is 8.31. The molecule has 0 saturated heterocycles. The predicted octanol–water partition coefficient (Wildman–Crippen LogP) is 1.19. The van der Waals surface area contributed by atoms with Gasteiger partial charge >= 0.3 is 0 Å². The van der Waals surface area contributed by atoms with E-state index in [0.717, 1.165) is 18.7 Å². The summed E-state index contributed by atoms with van der Waals surface area (Å²) in [5, 5.41) is 13.1. The van der Waals surface area contributed by atoms with E-state index in [2.05, 4.69) is 12.2 Å². The molecule has 1 aliphatic heterocycles. The maximum atomic E-state index is 9.96. The first-order valence-electron chi connectivity index (χ1n) is 6.08. The van der Waals surface area contributed by atoms with Crippen LogP contribution in [0.5, 0.6) is 11.5 Å². The quantitative estimate of drug-likeness (QED) is 0.755. The molecule has 0 aliphatic carbocycles. The summed E-state index contributed by atoms with van der Waals surface area (Å²) in [5.74, 6) is 1.45. The van der Waals surface area contributed by atoms with E-state index in [9.17, 15) is 5.11 Å². The van der Waals surface area contributed by atoms with Crippen LogP contribution in [0.2, 0.25) is 0 Å². The minimum atomic E-state index is -0.546. The molecule has 2 N–H and O–H groups in total. The number of ether oxygens (including phenoxy) is 2. The number of fused-ring (bicyclic) bond motifs is 1. The van der Waals surface area contributed by atoms with Gasteiger partial charge in [-0.25, -0.2) is 0 Å². The minimum Gasteiger partial charge on any atom is -0.486 e. The van der Waals surface area contributed by atoms with E-state index in [0.29, 0.717) is 18.9 Å². The fourth-order valence-electron chi connectivity index (χ4n) is 1.78. The standard InChI is InChI=1S/C13H19NO3/c1-2-7-14-8-10(15)13-9-16-11-5-3-4-6-12(11)17-13/h3-6,10,13-15H,2,7-9H2,1H3. The third kappa shape index (κ3) is 3.11. The molecule has 17 heavy (non-hydrogen) atoms. The van der Waals surface area contributed by atoms with Gasteiger partial charge in [-0.3, -0.25) is 0 Å². The highest BCUT2D eigenvalue weighted by molar-refractivity contribution is 5.40. The first kappa shape index (κ1) is 12.2. The maximum absolute atomic E-state index is 9.96. The fourth-order valence-corrected chi connectivity index (χ4v) is 1.78. The Bertz CT molecular complexity index is 356. The number of benzene rings is 1. The van der Waals surface area contributed by atoms with Crippen molar-refractivity contribution in [2.75, 3.05) is 19.7 Å². The highest BCUT2D eigenvalue weighted by atomic mass is 16.6. The summed E-state index contributed by atoms with van der Waals surface area (Å²) in [7, 11) is 0. The molecule has 1 aromatic rings. The molecule has 0 spiro atoms. The van der Waals surface area contributed by atoms with E-state index in [1.807, 2.05) is 24.3 Å². The topological polar surface area (TPSA) is 50.7 Å². The maximum Gasteiger partial charge on any atom is 0.161 e. The Morgan fingerprint density at radius 3 is 2.94 bits per heavy atom. The summed E-state index contributed by atoms with van der Waals surface area (Å²) in [4.78, 5) is 0. The van der Waals surface area contributed by atoms with Gasteiger partial charge in [-0.05, 0) is 25.1 Å². The van der Waals surface area contributed by atoms with Crippen LogP contribution in [0.4, 0.5) is 0 Å². The van der Waals surface area contributed by atoms with E-state index in [1.54, 1.807) is 0 Å². The van der Waals surface area contributed by atoms with Crippen LogP contribution in [0, 0.1) is 0 Å². The Labute approximate surface area is 102 Å². The molecule has 0 aromatic heterocycles. The summed E-state index contributed by atoms with van der Waals surface area (Å²) in [5.41, 5.74) is 0. The molecule has 0 fully saturated rings. The SMILES string of the molecule is CCCNCC(O)C1COc2ccccc2O1. The molecule has 0 bridgehead atoms. The molecule has 0 saturated carbocycles. The summed E-state index contributed by atoms with van der Waals surface area (Å²) in [6.07, 6.45) is 0.210. The van der Waals surface area contributed by atoms with Gasteiger partial charge in [0.1, 0.15) is 12.7 Å². The highest BCUT2D eigenvalue weighted by Crippen LogP contribution is 2.31. The Morgan fingerprint density at radius 2 is 2.18 bits per heavy atom. The highest BCUT2D eigenvalue weighted by Gasteiger charge is 2.26. The third-order valence-electron chi connectivity index (χ3n) is 2.74. The number of hydrogen-bond donors (Lipinski definition) is 2. The molecule has 2 atom stereocenters. The Balaban J connectivity index is 1.88. The summed E-state index contributed by atoms with van der Waals surface area (Å²) in [6.45, 7) is 3.92. The second-order valence-electron chi connectivity index (χ2n) is 4.19. The fraction of sp³-hybridized carbons (Fsp3) is 0.538. The van der Waals surface area contributed by atoms with Crippen LogP contribution in [0.25, 0.3) is 0 Å². The second kappa shape index (κ2) is 5.89. The zero-order chi connectivity index (χ0) is 12.1. The molecule has 0 amide bonds. The van der Waals surface area contributed by atoms with Crippen molar-refractivity contribution >= 4 is 0 Å². The number of para-hydroxylation sites is 2. The Hall–Kier alpha value is -1.26. The van der Waals surface area contributed by atoms with Crippen LogP contribution in [0.3, 0.4) is 0 Å². The molecular weight excluding hydrogens is 218 g/mol. The van der Waals surface area contributed by atoms with Crippen LogP contribution < -0.4 is 14.8 Å². The molecule has 94 valence electrons. The number of aliphatic hydroxyl groups is 1. The van der Waals surface area contributed by atoms with E-state index >= 15 is 0 Å². The average molecular weight is 237 g/mol. The van der Waals surface area contributed by atoms with Gasteiger partial charge in [-0.1, -0.05) is 19.1 Å². The van der Waals surface area contributed by atoms with Gasteiger partial charge in [0.15, 0.2) is 17.6 Å². The number of aliphatic hydroxyl groups excluding tert-OH is 1. The molecule has 1 aliphatic rings. The van der Waals surface area contributed by atoms with Gasteiger partial charge in [-0.15, -0.1) is 0 Å². The van der Waals surface area contributed by atoms with Crippen molar-refractivity contribution in [2.24, 2.45) is 0 Å². The number of rotatable bonds is 5. The number of nitrogens with one attached hydrogen (secondary N) is 1.